The number of amides is 1. The van der Waals surface area contributed by atoms with Gasteiger partial charge in [-0.15, -0.1) is 0 Å². The molecular weight excluding hydrogens is 288 g/mol. The van der Waals surface area contributed by atoms with E-state index in [2.05, 4.69) is 22.4 Å². The Balaban J connectivity index is 1.43. The molecule has 1 atom stereocenters. The zero-order valence-corrected chi connectivity index (χ0v) is 13.7. The van der Waals surface area contributed by atoms with Crippen molar-refractivity contribution in [2.24, 2.45) is 0 Å². The van der Waals surface area contributed by atoms with Crippen LogP contribution in [0.25, 0.3) is 10.9 Å². The van der Waals surface area contributed by atoms with Crippen LogP contribution in [0.2, 0.25) is 0 Å². The van der Waals surface area contributed by atoms with Gasteiger partial charge in [-0.1, -0.05) is 31.0 Å². The fourth-order valence-electron chi connectivity index (χ4n) is 4.31. The maximum atomic E-state index is 12.5. The SMILES string of the molecule is Cc1[nH]c2ccccc2c1CC(=O)NC1COC2(CCCC2)C1. The summed E-state index contributed by atoms with van der Waals surface area (Å²) < 4.78 is 6.02. The molecule has 1 unspecified atom stereocenters. The molecule has 2 heterocycles. The first-order chi connectivity index (χ1) is 11.2. The minimum absolute atomic E-state index is 0.0641. The number of hydrogen-bond donors (Lipinski definition) is 2. The lowest BCUT2D eigenvalue weighted by atomic mass is 9.96. The molecule has 1 aliphatic heterocycles. The van der Waals surface area contributed by atoms with E-state index in [4.69, 9.17) is 4.74 Å². The lowest BCUT2D eigenvalue weighted by Gasteiger charge is -2.21. The van der Waals surface area contributed by atoms with Gasteiger partial charge in [-0.25, -0.2) is 0 Å². The van der Waals surface area contributed by atoms with Gasteiger partial charge in [-0.2, -0.15) is 0 Å². The molecule has 1 amide bonds. The number of fused-ring (bicyclic) bond motifs is 1. The average Bonchev–Trinajstić information content (AvgIpc) is 3.22. The standard InChI is InChI=1S/C19H24N2O2/c1-13-16(15-6-2-3-7-17(15)20-13)10-18(22)21-14-11-19(23-12-14)8-4-5-9-19/h2-3,6-7,14,20H,4-5,8-12H2,1H3,(H,21,22). The number of H-pyrrole nitrogens is 1. The third-order valence-electron chi connectivity index (χ3n) is 5.45. The number of aromatic amines is 1. The third-order valence-corrected chi connectivity index (χ3v) is 5.45. The van der Waals surface area contributed by atoms with E-state index in [9.17, 15) is 4.79 Å². The van der Waals surface area contributed by atoms with Crippen molar-refractivity contribution >= 4 is 16.8 Å². The molecule has 2 aromatic rings. The topological polar surface area (TPSA) is 54.1 Å². The van der Waals surface area contributed by atoms with Gasteiger partial charge in [0.1, 0.15) is 0 Å². The van der Waals surface area contributed by atoms with Gasteiger partial charge in [-0.3, -0.25) is 4.79 Å². The summed E-state index contributed by atoms with van der Waals surface area (Å²) in [6, 6.07) is 8.34. The van der Waals surface area contributed by atoms with E-state index in [0.29, 0.717) is 13.0 Å². The zero-order chi connectivity index (χ0) is 15.9. The number of aromatic nitrogens is 1. The van der Waals surface area contributed by atoms with Gasteiger partial charge in [-0.05, 0) is 37.8 Å². The van der Waals surface area contributed by atoms with Crippen LogP contribution in [0.4, 0.5) is 0 Å². The van der Waals surface area contributed by atoms with Crippen molar-refractivity contribution in [3.63, 3.8) is 0 Å². The van der Waals surface area contributed by atoms with Crippen LogP contribution in [0, 0.1) is 6.92 Å². The quantitative estimate of drug-likeness (QED) is 0.914. The van der Waals surface area contributed by atoms with Crippen LogP contribution < -0.4 is 5.32 Å². The summed E-state index contributed by atoms with van der Waals surface area (Å²) in [5.74, 6) is 0.0986. The maximum absolute atomic E-state index is 12.5. The summed E-state index contributed by atoms with van der Waals surface area (Å²) in [6.45, 7) is 2.70. The molecule has 0 radical (unpaired) electrons. The van der Waals surface area contributed by atoms with E-state index in [1.54, 1.807) is 0 Å². The summed E-state index contributed by atoms with van der Waals surface area (Å²) in [5.41, 5.74) is 3.35. The molecular formula is C19H24N2O2. The van der Waals surface area contributed by atoms with Crippen molar-refractivity contribution in [3.8, 4) is 0 Å². The first-order valence-electron chi connectivity index (χ1n) is 8.65. The molecule has 2 N–H and O–H groups in total. The average molecular weight is 312 g/mol. The summed E-state index contributed by atoms with van der Waals surface area (Å²) in [6.07, 6.45) is 6.23. The molecule has 2 aliphatic rings. The molecule has 122 valence electrons. The molecule has 1 saturated carbocycles. The number of nitrogens with one attached hydrogen (secondary N) is 2. The van der Waals surface area contributed by atoms with E-state index in [-0.39, 0.29) is 17.6 Å². The number of benzene rings is 1. The number of ether oxygens (including phenoxy) is 1. The number of para-hydroxylation sites is 1. The fraction of sp³-hybridized carbons (Fsp3) is 0.526. The van der Waals surface area contributed by atoms with Crippen molar-refractivity contribution in [2.45, 2.75) is 57.1 Å². The summed E-state index contributed by atoms with van der Waals surface area (Å²) >= 11 is 0. The van der Waals surface area contributed by atoms with Gasteiger partial charge in [0.15, 0.2) is 0 Å². The molecule has 1 aliphatic carbocycles. The molecule has 1 saturated heterocycles. The number of rotatable bonds is 3. The first kappa shape index (κ1) is 14.8. The van der Waals surface area contributed by atoms with Crippen LogP contribution in [-0.2, 0) is 16.0 Å². The van der Waals surface area contributed by atoms with Crippen LogP contribution >= 0.6 is 0 Å². The van der Waals surface area contributed by atoms with Crippen LogP contribution in [0.15, 0.2) is 24.3 Å². The Morgan fingerprint density at radius 1 is 1.35 bits per heavy atom. The highest BCUT2D eigenvalue weighted by atomic mass is 16.5. The molecule has 4 heteroatoms. The second-order valence-electron chi connectivity index (χ2n) is 7.12. The fourth-order valence-corrected chi connectivity index (χ4v) is 4.31. The Kier molecular flexibility index (Phi) is 3.64. The summed E-state index contributed by atoms with van der Waals surface area (Å²) in [7, 11) is 0. The van der Waals surface area contributed by atoms with Crippen LogP contribution in [0.3, 0.4) is 0 Å². The van der Waals surface area contributed by atoms with Crippen LogP contribution in [0.5, 0.6) is 0 Å². The predicted octanol–water partition coefficient (Wildman–Crippen LogP) is 3.24. The van der Waals surface area contributed by atoms with Gasteiger partial charge in [0.25, 0.3) is 0 Å². The number of carbonyl (C=O) groups is 1. The predicted molar refractivity (Wildman–Crippen MR) is 90.4 cm³/mol. The van der Waals surface area contributed by atoms with E-state index < -0.39 is 0 Å². The Hall–Kier alpha value is -1.81. The Bertz CT molecular complexity index is 728. The highest BCUT2D eigenvalue weighted by molar-refractivity contribution is 5.90. The lowest BCUT2D eigenvalue weighted by Crippen LogP contribution is -2.37. The summed E-state index contributed by atoms with van der Waals surface area (Å²) in [5, 5.41) is 4.33. The normalized spacial score (nSPS) is 22.9. The van der Waals surface area contributed by atoms with Gasteiger partial charge >= 0.3 is 0 Å². The van der Waals surface area contributed by atoms with Gasteiger partial charge in [0.05, 0.1) is 24.7 Å². The second-order valence-corrected chi connectivity index (χ2v) is 7.12. The minimum Gasteiger partial charge on any atom is -0.373 e. The van der Waals surface area contributed by atoms with Gasteiger partial charge in [0, 0.05) is 16.6 Å². The van der Waals surface area contributed by atoms with Crippen molar-refractivity contribution < 1.29 is 9.53 Å². The molecule has 1 aromatic heterocycles. The molecule has 1 spiro atoms. The van der Waals surface area contributed by atoms with Crippen molar-refractivity contribution in [2.75, 3.05) is 6.61 Å². The highest BCUT2D eigenvalue weighted by Crippen LogP contribution is 2.40. The first-order valence-corrected chi connectivity index (χ1v) is 8.65. The smallest absolute Gasteiger partial charge is 0.224 e. The molecule has 4 rings (SSSR count). The maximum Gasteiger partial charge on any atom is 0.224 e. The lowest BCUT2D eigenvalue weighted by molar-refractivity contribution is -0.121. The number of aryl methyl sites for hydroxylation is 1. The van der Waals surface area contributed by atoms with Crippen molar-refractivity contribution in [1.82, 2.24) is 10.3 Å². The molecule has 2 fully saturated rings. The van der Waals surface area contributed by atoms with E-state index in [0.717, 1.165) is 41.4 Å². The zero-order valence-electron chi connectivity index (χ0n) is 13.7. The Morgan fingerprint density at radius 2 is 2.13 bits per heavy atom. The van der Waals surface area contributed by atoms with E-state index in [1.165, 1.54) is 12.8 Å². The van der Waals surface area contributed by atoms with Crippen molar-refractivity contribution in [1.29, 1.82) is 0 Å². The van der Waals surface area contributed by atoms with E-state index >= 15 is 0 Å². The largest absolute Gasteiger partial charge is 0.373 e. The minimum atomic E-state index is 0.0641. The Labute approximate surface area is 136 Å². The van der Waals surface area contributed by atoms with Crippen molar-refractivity contribution in [3.05, 3.63) is 35.5 Å². The number of hydrogen-bond acceptors (Lipinski definition) is 2. The highest BCUT2D eigenvalue weighted by Gasteiger charge is 2.42. The van der Waals surface area contributed by atoms with Crippen LogP contribution in [-0.4, -0.2) is 29.1 Å². The van der Waals surface area contributed by atoms with Gasteiger partial charge < -0.3 is 15.0 Å². The molecule has 0 bridgehead atoms. The Morgan fingerprint density at radius 3 is 2.96 bits per heavy atom. The summed E-state index contributed by atoms with van der Waals surface area (Å²) in [4.78, 5) is 15.8. The van der Waals surface area contributed by atoms with Crippen LogP contribution in [0.1, 0.15) is 43.4 Å². The number of carbonyl (C=O) groups excluding carboxylic acids is 1. The van der Waals surface area contributed by atoms with E-state index in [1.807, 2.05) is 19.1 Å². The molecule has 4 nitrogen and oxygen atoms in total. The molecule has 23 heavy (non-hydrogen) atoms. The monoisotopic (exact) mass is 312 g/mol. The second kappa shape index (κ2) is 5.68. The van der Waals surface area contributed by atoms with Gasteiger partial charge in [0.2, 0.25) is 5.91 Å². The third kappa shape index (κ3) is 2.76. The molecule has 1 aromatic carbocycles.